The fraction of sp³-hybridized carbons (Fsp3) is 0. The summed E-state index contributed by atoms with van der Waals surface area (Å²) in [6.07, 6.45) is 0. The number of fused-ring (bicyclic) bond motifs is 13. The Balaban J connectivity index is 0.988. The third kappa shape index (κ3) is 5.11. The molecule has 0 atom stereocenters. The van der Waals surface area contributed by atoms with Crippen LogP contribution in [0.15, 0.2) is 223 Å². The zero-order chi connectivity index (χ0) is 40.0. The van der Waals surface area contributed by atoms with Gasteiger partial charge in [0, 0.05) is 38.3 Å². The molecule has 0 spiro atoms. The first-order valence-electron chi connectivity index (χ1n) is 20.9. The molecule has 3 nitrogen and oxygen atoms in total. The van der Waals surface area contributed by atoms with E-state index < -0.39 is 0 Å². The standard InChI is InChI=1S/C58H36N2O/c1-2-15-42-38(13-1)14-11-24-53(42)60-54-23-9-7-20-48(54)52-35-39(29-34-55(52)60)37-27-30-40(31-28-37)59(56-25-12-22-50-49-21-8-10-26-57(49)61-58(50)56)41-32-33-47-45-18-4-3-16-43(45)44-17-5-6-19-46(44)51(47)36-41/h1-36H. The van der Waals surface area contributed by atoms with E-state index in [0.29, 0.717) is 0 Å². The Morgan fingerprint density at radius 1 is 0.328 bits per heavy atom. The van der Waals surface area contributed by atoms with E-state index in [4.69, 9.17) is 4.42 Å². The van der Waals surface area contributed by atoms with Crippen molar-refractivity contribution in [1.82, 2.24) is 4.57 Å². The third-order valence-electron chi connectivity index (χ3n) is 12.7. The lowest BCUT2D eigenvalue weighted by Gasteiger charge is -2.26. The topological polar surface area (TPSA) is 21.3 Å². The Morgan fingerprint density at radius 3 is 1.67 bits per heavy atom. The van der Waals surface area contributed by atoms with E-state index in [-0.39, 0.29) is 0 Å². The van der Waals surface area contributed by atoms with Gasteiger partial charge < -0.3 is 13.9 Å². The van der Waals surface area contributed by atoms with Crippen molar-refractivity contribution >= 4 is 104 Å². The van der Waals surface area contributed by atoms with Gasteiger partial charge in [-0.2, -0.15) is 0 Å². The average molecular weight is 777 g/mol. The van der Waals surface area contributed by atoms with Gasteiger partial charge in [-0.3, -0.25) is 0 Å². The smallest absolute Gasteiger partial charge is 0.159 e. The summed E-state index contributed by atoms with van der Waals surface area (Å²) in [5.74, 6) is 0. The molecule has 0 unspecified atom stereocenters. The number of furan rings is 1. The van der Waals surface area contributed by atoms with Crippen molar-refractivity contribution in [2.24, 2.45) is 0 Å². The van der Waals surface area contributed by atoms with Crippen molar-refractivity contribution in [3.8, 4) is 16.8 Å². The van der Waals surface area contributed by atoms with E-state index in [9.17, 15) is 0 Å². The Bertz CT molecular complexity index is 3850. The van der Waals surface area contributed by atoms with Crippen LogP contribution in [-0.4, -0.2) is 4.57 Å². The molecule has 0 saturated carbocycles. The van der Waals surface area contributed by atoms with Crippen LogP contribution in [0.3, 0.4) is 0 Å². The first-order chi connectivity index (χ1) is 30.3. The number of para-hydroxylation sites is 3. The van der Waals surface area contributed by atoms with E-state index in [2.05, 4.69) is 222 Å². The molecule has 0 bridgehead atoms. The molecule has 0 aliphatic heterocycles. The second-order valence-corrected chi connectivity index (χ2v) is 16.0. The Morgan fingerprint density at radius 2 is 0.885 bits per heavy atom. The molecule has 0 amide bonds. The zero-order valence-electron chi connectivity index (χ0n) is 33.1. The van der Waals surface area contributed by atoms with Crippen molar-refractivity contribution in [2.45, 2.75) is 0 Å². The lowest BCUT2D eigenvalue weighted by molar-refractivity contribution is 0.669. The molecular weight excluding hydrogens is 741 g/mol. The van der Waals surface area contributed by atoms with Crippen LogP contribution in [0.1, 0.15) is 0 Å². The molecule has 0 aliphatic rings. The normalized spacial score (nSPS) is 11.9. The van der Waals surface area contributed by atoms with Crippen LogP contribution in [0.2, 0.25) is 0 Å². The highest BCUT2D eigenvalue weighted by Gasteiger charge is 2.21. The van der Waals surface area contributed by atoms with Gasteiger partial charge in [-0.1, -0.05) is 158 Å². The first-order valence-corrected chi connectivity index (χ1v) is 20.9. The number of anilines is 3. The number of aromatic nitrogens is 1. The highest BCUT2D eigenvalue weighted by atomic mass is 16.3. The summed E-state index contributed by atoms with van der Waals surface area (Å²) in [4.78, 5) is 2.36. The maximum atomic E-state index is 6.71. The molecule has 0 saturated heterocycles. The maximum absolute atomic E-state index is 6.71. The lowest BCUT2D eigenvalue weighted by atomic mass is 9.94. The highest BCUT2D eigenvalue weighted by molar-refractivity contribution is 6.26. The van der Waals surface area contributed by atoms with Gasteiger partial charge in [0.2, 0.25) is 0 Å². The second-order valence-electron chi connectivity index (χ2n) is 16.0. The van der Waals surface area contributed by atoms with Crippen molar-refractivity contribution in [1.29, 1.82) is 0 Å². The van der Waals surface area contributed by atoms with Crippen molar-refractivity contribution in [2.75, 3.05) is 4.90 Å². The monoisotopic (exact) mass is 776 g/mol. The summed E-state index contributed by atoms with van der Waals surface area (Å²) in [7, 11) is 0. The van der Waals surface area contributed by atoms with Gasteiger partial charge in [-0.25, -0.2) is 0 Å². The zero-order valence-corrected chi connectivity index (χ0v) is 33.1. The predicted octanol–water partition coefficient (Wildman–Crippen LogP) is 16.4. The average Bonchev–Trinajstić information content (AvgIpc) is 3.88. The Labute approximate surface area is 351 Å². The van der Waals surface area contributed by atoms with Crippen molar-refractivity contribution in [3.63, 3.8) is 0 Å². The van der Waals surface area contributed by atoms with Crippen molar-refractivity contribution < 1.29 is 4.42 Å². The lowest BCUT2D eigenvalue weighted by Crippen LogP contribution is -2.10. The Hall–Kier alpha value is -8.14. The van der Waals surface area contributed by atoms with Gasteiger partial charge in [-0.05, 0) is 109 Å². The molecule has 0 N–H and O–H groups in total. The summed E-state index contributed by atoms with van der Waals surface area (Å²) < 4.78 is 9.13. The molecule has 0 radical (unpaired) electrons. The highest BCUT2D eigenvalue weighted by Crippen LogP contribution is 2.45. The van der Waals surface area contributed by atoms with Crippen LogP contribution in [0.25, 0.3) is 104 Å². The van der Waals surface area contributed by atoms with Crippen LogP contribution >= 0.6 is 0 Å². The fourth-order valence-corrected chi connectivity index (χ4v) is 9.99. The predicted molar refractivity (Wildman–Crippen MR) is 258 cm³/mol. The number of benzene rings is 11. The van der Waals surface area contributed by atoms with Gasteiger partial charge in [0.1, 0.15) is 5.58 Å². The second kappa shape index (κ2) is 13.2. The molecular formula is C58H36N2O. The summed E-state index contributed by atoms with van der Waals surface area (Å²) >= 11 is 0. The van der Waals surface area contributed by atoms with Gasteiger partial charge >= 0.3 is 0 Å². The summed E-state index contributed by atoms with van der Waals surface area (Å²) in [6.45, 7) is 0. The van der Waals surface area contributed by atoms with Gasteiger partial charge in [0.25, 0.3) is 0 Å². The van der Waals surface area contributed by atoms with Gasteiger partial charge in [0.05, 0.1) is 22.4 Å². The molecule has 284 valence electrons. The van der Waals surface area contributed by atoms with E-state index >= 15 is 0 Å². The van der Waals surface area contributed by atoms with Crippen LogP contribution < -0.4 is 4.90 Å². The van der Waals surface area contributed by atoms with Crippen LogP contribution in [-0.2, 0) is 0 Å². The summed E-state index contributed by atoms with van der Waals surface area (Å²) in [5.41, 5.74) is 10.8. The van der Waals surface area contributed by atoms with Crippen LogP contribution in [0.5, 0.6) is 0 Å². The van der Waals surface area contributed by atoms with E-state index in [0.717, 1.165) is 44.6 Å². The van der Waals surface area contributed by atoms with E-state index in [1.165, 1.54) is 76.1 Å². The molecule has 61 heavy (non-hydrogen) atoms. The number of rotatable bonds is 5. The van der Waals surface area contributed by atoms with Crippen LogP contribution in [0, 0.1) is 0 Å². The molecule has 13 aromatic rings. The van der Waals surface area contributed by atoms with Crippen molar-refractivity contribution in [3.05, 3.63) is 218 Å². The first kappa shape index (κ1) is 33.8. The summed E-state index contributed by atoms with van der Waals surface area (Å²) in [5, 5.41) is 14.7. The summed E-state index contributed by atoms with van der Waals surface area (Å²) in [6, 6.07) is 79.2. The number of nitrogens with zero attached hydrogens (tertiary/aromatic N) is 2. The Kier molecular flexibility index (Phi) is 7.31. The minimum atomic E-state index is 0.865. The van der Waals surface area contributed by atoms with Crippen LogP contribution in [0.4, 0.5) is 17.1 Å². The molecule has 2 aromatic heterocycles. The molecule has 13 rings (SSSR count). The molecule has 3 heteroatoms. The number of hydrogen-bond donors (Lipinski definition) is 0. The molecule has 2 heterocycles. The largest absolute Gasteiger partial charge is 0.454 e. The van der Waals surface area contributed by atoms with Gasteiger partial charge in [0.15, 0.2) is 5.58 Å². The maximum Gasteiger partial charge on any atom is 0.159 e. The third-order valence-corrected chi connectivity index (χ3v) is 12.7. The van der Waals surface area contributed by atoms with E-state index in [1.54, 1.807) is 0 Å². The molecule has 0 fully saturated rings. The minimum Gasteiger partial charge on any atom is -0.454 e. The molecule has 11 aromatic carbocycles. The number of hydrogen-bond acceptors (Lipinski definition) is 2. The van der Waals surface area contributed by atoms with Gasteiger partial charge in [-0.15, -0.1) is 0 Å². The van der Waals surface area contributed by atoms with E-state index in [1.807, 2.05) is 6.07 Å². The fourth-order valence-electron chi connectivity index (χ4n) is 9.99. The molecule has 0 aliphatic carbocycles. The minimum absolute atomic E-state index is 0.865. The quantitative estimate of drug-likeness (QED) is 0.162. The SMILES string of the molecule is c1ccc2c(-n3c4ccccc4c4cc(-c5ccc(N(c6ccc7c8ccccc8c8ccccc8c7c6)c6cccc7c6oc6ccccc67)cc5)ccc43)cccc2c1.